The molecule has 0 saturated carbocycles. The molecule has 6 nitrogen and oxygen atoms in total. The smallest absolute Gasteiger partial charge is 0.271 e. The van der Waals surface area contributed by atoms with E-state index in [1.54, 1.807) is 6.07 Å². The summed E-state index contributed by atoms with van der Waals surface area (Å²) in [5, 5.41) is 16.8. The molecule has 8 heteroatoms. The molecule has 1 heterocycles. The van der Waals surface area contributed by atoms with Gasteiger partial charge in [0.05, 0.1) is 4.92 Å². The number of halogens is 2. The third-order valence-electron chi connectivity index (χ3n) is 2.99. The highest BCUT2D eigenvalue weighted by Crippen LogP contribution is 2.21. The van der Waals surface area contributed by atoms with Gasteiger partial charge in [-0.3, -0.25) is 14.9 Å². The van der Waals surface area contributed by atoms with Crippen molar-refractivity contribution in [2.24, 2.45) is 0 Å². The zero-order chi connectivity index (χ0) is 13.8. The second kappa shape index (κ2) is 7.56. The fourth-order valence-corrected chi connectivity index (χ4v) is 2.54. The largest absolute Gasteiger partial charge is 0.348 e. The summed E-state index contributed by atoms with van der Waals surface area (Å²) in [6.45, 7) is 1.70. The van der Waals surface area contributed by atoms with Crippen molar-refractivity contribution in [2.45, 2.75) is 18.9 Å². The van der Waals surface area contributed by atoms with E-state index in [0.29, 0.717) is 10.0 Å². The van der Waals surface area contributed by atoms with Gasteiger partial charge in [0, 0.05) is 34.8 Å². The van der Waals surface area contributed by atoms with Crippen LogP contribution in [-0.4, -0.2) is 30.0 Å². The van der Waals surface area contributed by atoms with Crippen molar-refractivity contribution in [1.82, 2.24) is 10.6 Å². The van der Waals surface area contributed by atoms with Gasteiger partial charge in [-0.25, -0.2) is 0 Å². The maximum absolute atomic E-state index is 12.1. The van der Waals surface area contributed by atoms with Crippen molar-refractivity contribution in [2.75, 3.05) is 13.1 Å². The van der Waals surface area contributed by atoms with E-state index in [9.17, 15) is 14.9 Å². The normalized spacial score (nSPS) is 17.9. The fourth-order valence-electron chi connectivity index (χ4n) is 2.05. The molecule has 20 heavy (non-hydrogen) atoms. The Morgan fingerprint density at radius 1 is 1.45 bits per heavy atom. The van der Waals surface area contributed by atoms with Crippen LogP contribution in [0.4, 0.5) is 5.69 Å². The lowest BCUT2D eigenvalue weighted by molar-refractivity contribution is -0.385. The number of nitrogens with one attached hydrogen (secondary N) is 2. The number of hydrogen-bond donors (Lipinski definition) is 2. The summed E-state index contributed by atoms with van der Waals surface area (Å²) >= 11 is 3.18. The van der Waals surface area contributed by atoms with E-state index in [2.05, 4.69) is 26.6 Å². The highest BCUT2D eigenvalue weighted by atomic mass is 79.9. The van der Waals surface area contributed by atoms with Gasteiger partial charge in [-0.2, -0.15) is 0 Å². The molecular formula is C12H15BrClN3O3. The standard InChI is InChI=1S/C12H14BrN3O3.ClH/c13-9-4-8(5-11(6-9)16(18)19)12(17)15-10-2-1-3-14-7-10;/h4-6,10,14H,1-3,7H2,(H,15,17);1H/t10-;/m1./s1. The average molecular weight is 365 g/mol. The SMILES string of the molecule is Cl.O=C(N[C@@H]1CCCNC1)c1cc(Br)cc([N+](=O)[O-])c1. The molecule has 1 atom stereocenters. The Labute approximate surface area is 131 Å². The third kappa shape index (κ3) is 4.43. The zero-order valence-corrected chi connectivity index (χ0v) is 13.0. The van der Waals surface area contributed by atoms with Crippen molar-refractivity contribution in [3.05, 3.63) is 38.3 Å². The maximum Gasteiger partial charge on any atom is 0.271 e. The van der Waals surface area contributed by atoms with Gasteiger partial charge < -0.3 is 10.6 Å². The van der Waals surface area contributed by atoms with Gasteiger partial charge in [-0.05, 0) is 25.5 Å². The van der Waals surface area contributed by atoms with Gasteiger partial charge in [0.1, 0.15) is 0 Å². The third-order valence-corrected chi connectivity index (χ3v) is 3.45. The van der Waals surface area contributed by atoms with Gasteiger partial charge in [0.25, 0.3) is 11.6 Å². The lowest BCUT2D eigenvalue weighted by Gasteiger charge is -2.23. The second-order valence-electron chi connectivity index (χ2n) is 4.47. The molecule has 110 valence electrons. The van der Waals surface area contributed by atoms with E-state index < -0.39 is 4.92 Å². The lowest BCUT2D eigenvalue weighted by atomic mass is 10.1. The Bertz CT molecular complexity index is 507. The molecule has 0 spiro atoms. The number of nitro groups is 1. The van der Waals surface area contributed by atoms with Crippen LogP contribution in [0.5, 0.6) is 0 Å². The highest BCUT2D eigenvalue weighted by molar-refractivity contribution is 9.10. The van der Waals surface area contributed by atoms with Crippen molar-refractivity contribution in [3.63, 3.8) is 0 Å². The van der Waals surface area contributed by atoms with E-state index in [-0.39, 0.29) is 30.0 Å². The first-order valence-corrected chi connectivity index (χ1v) is 6.82. The van der Waals surface area contributed by atoms with E-state index in [1.807, 2.05) is 0 Å². The van der Waals surface area contributed by atoms with Crippen LogP contribution >= 0.6 is 28.3 Å². The molecule has 0 aromatic heterocycles. The molecule has 0 radical (unpaired) electrons. The molecular weight excluding hydrogens is 350 g/mol. The number of carbonyl (C=O) groups excluding carboxylic acids is 1. The Hall–Kier alpha value is -1.18. The number of nitro benzene ring substituents is 1. The fraction of sp³-hybridized carbons (Fsp3) is 0.417. The quantitative estimate of drug-likeness (QED) is 0.636. The first-order valence-electron chi connectivity index (χ1n) is 6.03. The average Bonchev–Trinajstić information content (AvgIpc) is 2.39. The summed E-state index contributed by atoms with van der Waals surface area (Å²) in [7, 11) is 0. The maximum atomic E-state index is 12.1. The molecule has 1 fully saturated rings. The molecule has 0 unspecified atom stereocenters. The highest BCUT2D eigenvalue weighted by Gasteiger charge is 2.18. The summed E-state index contributed by atoms with van der Waals surface area (Å²) in [4.78, 5) is 22.3. The molecule has 2 N–H and O–H groups in total. The number of non-ortho nitro benzene ring substituents is 1. The molecule has 1 aliphatic rings. The summed E-state index contributed by atoms with van der Waals surface area (Å²) in [5.41, 5.74) is 0.202. The Kier molecular flexibility index (Phi) is 6.38. The van der Waals surface area contributed by atoms with Crippen LogP contribution in [0.1, 0.15) is 23.2 Å². The number of amides is 1. The number of piperidine rings is 1. The number of rotatable bonds is 3. The van der Waals surface area contributed by atoms with E-state index in [4.69, 9.17) is 0 Å². The molecule has 2 rings (SSSR count). The van der Waals surface area contributed by atoms with Crippen molar-refractivity contribution in [3.8, 4) is 0 Å². The Balaban J connectivity index is 0.00000200. The molecule has 1 amide bonds. The summed E-state index contributed by atoms with van der Waals surface area (Å²) in [6, 6.07) is 4.33. The molecule has 1 aliphatic heterocycles. The summed E-state index contributed by atoms with van der Waals surface area (Å²) < 4.78 is 0.522. The van der Waals surface area contributed by atoms with Gasteiger partial charge in [-0.1, -0.05) is 15.9 Å². The van der Waals surface area contributed by atoms with Crippen LogP contribution < -0.4 is 10.6 Å². The lowest BCUT2D eigenvalue weighted by Crippen LogP contribution is -2.45. The van der Waals surface area contributed by atoms with Gasteiger partial charge in [0.15, 0.2) is 0 Å². The molecule has 0 aliphatic carbocycles. The first kappa shape index (κ1) is 16.9. The van der Waals surface area contributed by atoms with Crippen molar-refractivity contribution < 1.29 is 9.72 Å². The van der Waals surface area contributed by atoms with Crippen LogP contribution in [0.25, 0.3) is 0 Å². The monoisotopic (exact) mass is 363 g/mol. The van der Waals surface area contributed by atoms with Crippen LogP contribution in [0.2, 0.25) is 0 Å². The number of nitrogens with zero attached hydrogens (tertiary/aromatic N) is 1. The molecule has 1 aromatic carbocycles. The number of benzene rings is 1. The van der Waals surface area contributed by atoms with Crippen LogP contribution in [0, 0.1) is 10.1 Å². The minimum absolute atomic E-state index is 0. The van der Waals surface area contributed by atoms with Gasteiger partial charge in [0.2, 0.25) is 0 Å². The predicted molar refractivity (Wildman–Crippen MR) is 81.4 cm³/mol. The van der Waals surface area contributed by atoms with Gasteiger partial charge in [-0.15, -0.1) is 12.4 Å². The molecule has 1 aromatic rings. The second-order valence-corrected chi connectivity index (χ2v) is 5.39. The van der Waals surface area contributed by atoms with E-state index in [1.165, 1.54) is 12.1 Å². The van der Waals surface area contributed by atoms with Gasteiger partial charge >= 0.3 is 0 Å². The molecule has 1 saturated heterocycles. The van der Waals surface area contributed by atoms with Crippen LogP contribution in [0.15, 0.2) is 22.7 Å². The summed E-state index contributed by atoms with van der Waals surface area (Å²) in [5.74, 6) is -0.280. The number of carbonyl (C=O) groups is 1. The number of hydrogen-bond acceptors (Lipinski definition) is 4. The Morgan fingerprint density at radius 2 is 2.20 bits per heavy atom. The predicted octanol–water partition coefficient (Wildman–Crippen LogP) is 2.26. The Morgan fingerprint density at radius 3 is 2.80 bits per heavy atom. The minimum atomic E-state index is -0.510. The summed E-state index contributed by atoms with van der Waals surface area (Å²) in [6.07, 6.45) is 1.94. The van der Waals surface area contributed by atoms with E-state index >= 15 is 0 Å². The van der Waals surface area contributed by atoms with Crippen molar-refractivity contribution in [1.29, 1.82) is 0 Å². The molecule has 0 bridgehead atoms. The van der Waals surface area contributed by atoms with Crippen molar-refractivity contribution >= 4 is 39.9 Å². The zero-order valence-electron chi connectivity index (χ0n) is 10.6. The topological polar surface area (TPSA) is 84.3 Å². The minimum Gasteiger partial charge on any atom is -0.348 e. The van der Waals surface area contributed by atoms with Crippen LogP contribution in [-0.2, 0) is 0 Å². The van der Waals surface area contributed by atoms with E-state index in [0.717, 1.165) is 25.9 Å². The van der Waals surface area contributed by atoms with Crippen LogP contribution in [0.3, 0.4) is 0 Å². The first-order chi connectivity index (χ1) is 9.06.